The number of aromatic nitrogens is 4. The Labute approximate surface area is 194 Å². The van der Waals surface area contributed by atoms with Crippen molar-refractivity contribution < 1.29 is 13.9 Å². The summed E-state index contributed by atoms with van der Waals surface area (Å²) < 4.78 is 21.5. The summed E-state index contributed by atoms with van der Waals surface area (Å²) in [5.74, 6) is -0.659. The average Bonchev–Trinajstić information content (AvgIpc) is 3.57. The van der Waals surface area contributed by atoms with Crippen molar-refractivity contribution in [3.05, 3.63) is 57.6 Å². The number of hydrogen-bond acceptors (Lipinski definition) is 7. The monoisotopic (exact) mass is 467 g/mol. The number of amides is 1. The predicted octanol–water partition coefficient (Wildman–Crippen LogP) is 0.885. The number of fused-ring (bicyclic) bond motifs is 1. The van der Waals surface area contributed by atoms with Crippen LogP contribution in [0.1, 0.15) is 40.5 Å². The van der Waals surface area contributed by atoms with Crippen LogP contribution >= 0.6 is 0 Å². The van der Waals surface area contributed by atoms with Gasteiger partial charge in [0.05, 0.1) is 30.6 Å². The number of aromatic amines is 1. The van der Waals surface area contributed by atoms with Crippen LogP contribution in [0.15, 0.2) is 29.2 Å². The van der Waals surface area contributed by atoms with E-state index in [2.05, 4.69) is 25.3 Å². The minimum atomic E-state index is -0.637. The third-order valence-electron chi connectivity index (χ3n) is 6.70. The number of rotatable bonds is 6. The molecule has 3 aromatic heterocycles. The van der Waals surface area contributed by atoms with Gasteiger partial charge in [0.2, 0.25) is 5.95 Å². The fourth-order valence-corrected chi connectivity index (χ4v) is 4.52. The number of carbonyl (C=O) groups excluding carboxylic acids is 1. The van der Waals surface area contributed by atoms with Crippen LogP contribution in [0.25, 0.3) is 5.65 Å². The molecule has 0 bridgehead atoms. The molecular formula is C23H26FN7O3. The lowest BCUT2D eigenvalue weighted by atomic mass is 10.2. The minimum absolute atomic E-state index is 0.0220. The molecule has 10 nitrogen and oxygen atoms in total. The van der Waals surface area contributed by atoms with Gasteiger partial charge in [0.1, 0.15) is 11.3 Å². The van der Waals surface area contributed by atoms with Crippen molar-refractivity contribution in [3.8, 4) is 0 Å². The number of nitrogens with one attached hydrogen (secondary N) is 2. The first-order valence-electron chi connectivity index (χ1n) is 11.7. The highest BCUT2D eigenvalue weighted by molar-refractivity contribution is 5.92. The van der Waals surface area contributed by atoms with E-state index in [1.807, 2.05) is 17.2 Å². The number of nitrogens with zero attached hydrogens (tertiary/aromatic N) is 5. The van der Waals surface area contributed by atoms with Gasteiger partial charge in [0, 0.05) is 50.6 Å². The van der Waals surface area contributed by atoms with Crippen molar-refractivity contribution in [1.82, 2.24) is 29.8 Å². The number of carbonyl (C=O) groups is 1. The van der Waals surface area contributed by atoms with E-state index < -0.39 is 5.95 Å². The molecule has 3 aliphatic rings. The Bertz CT molecular complexity index is 1290. The molecule has 178 valence electrons. The maximum absolute atomic E-state index is 14.7. The lowest BCUT2D eigenvalue weighted by molar-refractivity contribution is -0.00356. The molecule has 1 amide bonds. The standard InChI is InChI=1S/C23H26FN7O3/c24-21-19(4-3-18(26-21)23(33)25-16-12-34-13-16)30-7-5-29(6-8-30)10-15-9-20-27-22(32)17(14-1-2-14)11-31(20)28-15/h3-4,9,11,14,16H,1-2,5-8,10,12-13H2,(H,25,33)(H,27,32). The van der Waals surface area contributed by atoms with Crippen LogP contribution in [0.4, 0.5) is 10.1 Å². The second-order valence-electron chi connectivity index (χ2n) is 9.26. The molecule has 0 aromatic carbocycles. The van der Waals surface area contributed by atoms with Gasteiger partial charge in [0.25, 0.3) is 11.5 Å². The lowest BCUT2D eigenvalue weighted by Gasteiger charge is -2.35. The molecule has 0 radical (unpaired) electrons. The van der Waals surface area contributed by atoms with Gasteiger partial charge in [0.15, 0.2) is 0 Å². The molecule has 1 saturated carbocycles. The summed E-state index contributed by atoms with van der Waals surface area (Å²) in [5.41, 5.74) is 2.85. The molecule has 34 heavy (non-hydrogen) atoms. The van der Waals surface area contributed by atoms with E-state index in [1.165, 1.54) is 0 Å². The topological polar surface area (TPSA) is 108 Å². The number of halogens is 1. The highest BCUT2D eigenvalue weighted by Crippen LogP contribution is 2.38. The molecule has 0 atom stereocenters. The Morgan fingerprint density at radius 1 is 1.21 bits per heavy atom. The highest BCUT2D eigenvalue weighted by atomic mass is 19.1. The highest BCUT2D eigenvalue weighted by Gasteiger charge is 2.27. The van der Waals surface area contributed by atoms with Crippen molar-refractivity contribution in [2.45, 2.75) is 31.3 Å². The van der Waals surface area contributed by atoms with E-state index in [1.54, 1.807) is 16.6 Å². The van der Waals surface area contributed by atoms with Crippen LogP contribution in [-0.4, -0.2) is 75.8 Å². The number of pyridine rings is 1. The van der Waals surface area contributed by atoms with Gasteiger partial charge < -0.3 is 19.9 Å². The number of anilines is 1. The molecular weight excluding hydrogens is 441 g/mol. The molecule has 0 unspecified atom stereocenters. The first-order valence-corrected chi connectivity index (χ1v) is 11.7. The second kappa shape index (κ2) is 8.48. The SMILES string of the molecule is O=C(NC1COC1)c1ccc(N2CCN(Cc3cc4[nH]c(=O)c(C5CC5)cn4n3)CC2)c(F)n1. The fourth-order valence-electron chi connectivity index (χ4n) is 4.52. The normalized spacial score (nSPS) is 19.4. The van der Waals surface area contributed by atoms with E-state index >= 15 is 0 Å². The Kier molecular flexibility index (Phi) is 5.30. The molecule has 5 heterocycles. The summed E-state index contributed by atoms with van der Waals surface area (Å²) in [7, 11) is 0. The largest absolute Gasteiger partial charge is 0.377 e. The van der Waals surface area contributed by atoms with E-state index in [0.717, 1.165) is 37.2 Å². The van der Waals surface area contributed by atoms with E-state index in [4.69, 9.17) is 4.74 Å². The van der Waals surface area contributed by atoms with E-state index in [9.17, 15) is 14.0 Å². The van der Waals surface area contributed by atoms with Gasteiger partial charge in [-0.15, -0.1) is 0 Å². The Morgan fingerprint density at radius 3 is 2.68 bits per heavy atom. The van der Waals surface area contributed by atoms with Gasteiger partial charge in [-0.1, -0.05) is 0 Å². The molecule has 3 fully saturated rings. The third kappa shape index (κ3) is 4.16. The lowest BCUT2D eigenvalue weighted by Crippen LogP contribution is -2.48. The van der Waals surface area contributed by atoms with Crippen molar-refractivity contribution in [2.24, 2.45) is 0 Å². The first kappa shape index (κ1) is 21.2. The number of ether oxygens (including phenoxy) is 1. The Balaban J connectivity index is 1.08. The van der Waals surface area contributed by atoms with Gasteiger partial charge in [-0.05, 0) is 30.9 Å². The summed E-state index contributed by atoms with van der Waals surface area (Å²) in [6.07, 6.45) is 3.98. The molecule has 1 aliphatic carbocycles. The molecule has 2 N–H and O–H groups in total. The summed E-state index contributed by atoms with van der Waals surface area (Å²) in [6, 6.07) is 5.07. The summed E-state index contributed by atoms with van der Waals surface area (Å²) in [6.45, 7) is 4.36. The van der Waals surface area contributed by atoms with Crippen molar-refractivity contribution >= 4 is 17.2 Å². The second-order valence-corrected chi connectivity index (χ2v) is 9.26. The first-order chi connectivity index (χ1) is 16.5. The fraction of sp³-hybridized carbons (Fsp3) is 0.478. The van der Waals surface area contributed by atoms with Gasteiger partial charge in [-0.2, -0.15) is 9.49 Å². The van der Waals surface area contributed by atoms with Crippen molar-refractivity contribution in [1.29, 1.82) is 0 Å². The molecule has 11 heteroatoms. The quantitative estimate of drug-likeness (QED) is 0.519. The molecule has 2 aliphatic heterocycles. The molecule has 0 spiro atoms. The van der Waals surface area contributed by atoms with E-state index in [-0.39, 0.29) is 23.2 Å². The van der Waals surface area contributed by atoms with Crippen LogP contribution in [0, 0.1) is 5.95 Å². The zero-order valence-electron chi connectivity index (χ0n) is 18.7. The zero-order valence-corrected chi connectivity index (χ0v) is 18.7. The van der Waals surface area contributed by atoms with Gasteiger partial charge >= 0.3 is 0 Å². The smallest absolute Gasteiger partial charge is 0.270 e. The average molecular weight is 468 g/mol. The van der Waals surface area contributed by atoms with Crippen LogP contribution in [0.2, 0.25) is 0 Å². The molecule has 2 saturated heterocycles. The Hall–Kier alpha value is -3.31. The maximum Gasteiger partial charge on any atom is 0.270 e. The molecule has 3 aromatic rings. The molecule has 6 rings (SSSR count). The van der Waals surface area contributed by atoms with Crippen molar-refractivity contribution in [3.63, 3.8) is 0 Å². The number of H-pyrrole nitrogens is 1. The third-order valence-corrected chi connectivity index (χ3v) is 6.70. The summed E-state index contributed by atoms with van der Waals surface area (Å²) >= 11 is 0. The minimum Gasteiger partial charge on any atom is -0.377 e. The maximum atomic E-state index is 14.7. The zero-order chi connectivity index (χ0) is 23.2. The van der Waals surface area contributed by atoms with Crippen LogP contribution in [0.5, 0.6) is 0 Å². The van der Waals surface area contributed by atoms with Crippen molar-refractivity contribution in [2.75, 3.05) is 44.3 Å². The van der Waals surface area contributed by atoms with E-state index in [0.29, 0.717) is 50.1 Å². The van der Waals surface area contributed by atoms with Crippen LogP contribution in [-0.2, 0) is 11.3 Å². The van der Waals surface area contributed by atoms with Gasteiger partial charge in [-0.3, -0.25) is 14.5 Å². The Morgan fingerprint density at radius 2 is 2.00 bits per heavy atom. The summed E-state index contributed by atoms with van der Waals surface area (Å²) in [4.78, 5) is 35.5. The number of hydrogen-bond donors (Lipinski definition) is 2. The van der Waals surface area contributed by atoms with Crippen LogP contribution in [0.3, 0.4) is 0 Å². The summed E-state index contributed by atoms with van der Waals surface area (Å²) in [5, 5.41) is 7.41. The predicted molar refractivity (Wildman–Crippen MR) is 122 cm³/mol. The van der Waals surface area contributed by atoms with Crippen LogP contribution < -0.4 is 15.8 Å². The van der Waals surface area contributed by atoms with Gasteiger partial charge in [-0.25, -0.2) is 9.50 Å². The number of piperazine rings is 1.